The van der Waals surface area contributed by atoms with Gasteiger partial charge in [0.2, 0.25) is 0 Å². The van der Waals surface area contributed by atoms with Crippen molar-refractivity contribution in [2.75, 3.05) is 5.32 Å². The van der Waals surface area contributed by atoms with Crippen LogP contribution in [0.4, 0.5) is 11.4 Å². The molecule has 4 aromatic rings. The van der Waals surface area contributed by atoms with Crippen LogP contribution in [0, 0.1) is 24.0 Å². The number of para-hydroxylation sites is 1. The smallest absolute Gasteiger partial charge is 0.269 e. The van der Waals surface area contributed by atoms with Crippen LogP contribution < -0.4 is 5.32 Å². The summed E-state index contributed by atoms with van der Waals surface area (Å²) in [6.45, 7) is 3.58. The van der Waals surface area contributed by atoms with Crippen molar-refractivity contribution in [2.45, 2.75) is 13.8 Å². The molecule has 31 heavy (non-hydrogen) atoms. The lowest BCUT2D eigenvalue weighted by molar-refractivity contribution is -0.384. The molecule has 1 aromatic heterocycles. The maximum Gasteiger partial charge on any atom is 0.269 e. The Kier molecular flexibility index (Phi) is 5.40. The Labute approximate surface area is 183 Å². The van der Waals surface area contributed by atoms with Gasteiger partial charge in [-0.2, -0.15) is 0 Å². The van der Waals surface area contributed by atoms with Gasteiger partial charge in [0.05, 0.1) is 21.7 Å². The summed E-state index contributed by atoms with van der Waals surface area (Å²) in [7, 11) is 0. The highest BCUT2D eigenvalue weighted by molar-refractivity contribution is 6.30. The Morgan fingerprint density at radius 2 is 1.74 bits per heavy atom. The highest BCUT2D eigenvalue weighted by Gasteiger charge is 2.20. The molecule has 154 valence electrons. The molecule has 0 bridgehead atoms. The number of non-ortho nitro benzene ring substituents is 1. The molecule has 0 radical (unpaired) electrons. The molecular formula is C24H18ClN3O3. The number of amides is 1. The normalized spacial score (nSPS) is 10.8. The van der Waals surface area contributed by atoms with Gasteiger partial charge in [0.15, 0.2) is 0 Å². The van der Waals surface area contributed by atoms with Crippen molar-refractivity contribution in [2.24, 2.45) is 0 Å². The number of carbonyl (C=O) groups is 1. The van der Waals surface area contributed by atoms with Crippen LogP contribution in [-0.4, -0.2) is 15.8 Å². The second kappa shape index (κ2) is 8.16. The second-order valence-corrected chi connectivity index (χ2v) is 7.63. The number of benzene rings is 3. The molecule has 0 aliphatic carbocycles. The predicted molar refractivity (Wildman–Crippen MR) is 123 cm³/mol. The maximum absolute atomic E-state index is 13.4. The van der Waals surface area contributed by atoms with Crippen LogP contribution in [0.25, 0.3) is 22.2 Å². The van der Waals surface area contributed by atoms with Gasteiger partial charge in [-0.05, 0) is 49.2 Å². The van der Waals surface area contributed by atoms with E-state index in [9.17, 15) is 14.9 Å². The van der Waals surface area contributed by atoms with Gasteiger partial charge >= 0.3 is 0 Å². The van der Waals surface area contributed by atoms with E-state index in [-0.39, 0.29) is 11.6 Å². The number of nitrogens with one attached hydrogen (secondary N) is 1. The van der Waals surface area contributed by atoms with Crippen LogP contribution in [0.3, 0.4) is 0 Å². The number of hydrogen-bond acceptors (Lipinski definition) is 4. The number of rotatable bonds is 4. The zero-order valence-electron chi connectivity index (χ0n) is 16.8. The van der Waals surface area contributed by atoms with Crippen LogP contribution in [0.15, 0.2) is 66.7 Å². The number of nitrogens with zero attached hydrogens (tertiary/aromatic N) is 2. The van der Waals surface area contributed by atoms with E-state index in [0.717, 1.165) is 16.5 Å². The third-order valence-corrected chi connectivity index (χ3v) is 5.40. The van der Waals surface area contributed by atoms with Crippen LogP contribution in [0.2, 0.25) is 5.02 Å². The number of aromatic nitrogens is 1. The second-order valence-electron chi connectivity index (χ2n) is 7.19. The van der Waals surface area contributed by atoms with Gasteiger partial charge in [-0.1, -0.05) is 41.9 Å². The first kappa shape index (κ1) is 20.5. The summed E-state index contributed by atoms with van der Waals surface area (Å²) >= 11 is 6.02. The van der Waals surface area contributed by atoms with Crippen LogP contribution >= 0.6 is 11.6 Å². The summed E-state index contributed by atoms with van der Waals surface area (Å²) in [6.07, 6.45) is 0. The summed E-state index contributed by atoms with van der Waals surface area (Å²) in [5, 5.41) is 15.2. The molecule has 0 atom stereocenters. The van der Waals surface area contributed by atoms with Gasteiger partial charge in [-0.3, -0.25) is 14.9 Å². The number of carbonyl (C=O) groups excluding carboxylic acids is 1. The zero-order valence-corrected chi connectivity index (χ0v) is 17.6. The highest BCUT2D eigenvalue weighted by Crippen LogP contribution is 2.31. The van der Waals surface area contributed by atoms with Crippen molar-refractivity contribution < 1.29 is 9.72 Å². The minimum absolute atomic E-state index is 0.0222. The number of nitro benzene ring substituents is 1. The first-order chi connectivity index (χ1) is 14.8. The molecule has 7 heteroatoms. The number of hydrogen-bond donors (Lipinski definition) is 1. The maximum atomic E-state index is 13.4. The number of anilines is 1. The van der Waals surface area contributed by atoms with Crippen molar-refractivity contribution in [3.05, 3.63) is 98.6 Å². The summed E-state index contributed by atoms with van der Waals surface area (Å²) in [4.78, 5) is 28.7. The third kappa shape index (κ3) is 3.98. The fourth-order valence-electron chi connectivity index (χ4n) is 3.58. The Bertz CT molecular complexity index is 1330. The average molecular weight is 432 g/mol. The standard InChI is InChI=1S/C24H18ClN3O3/c1-14-13-18(28(30)31)11-12-20(14)27-24(29)22-15(2)23(16-7-9-17(25)10-8-16)26-21-6-4-3-5-19(21)22/h3-13H,1-2H3,(H,27,29). The fraction of sp³-hybridized carbons (Fsp3) is 0.0833. The molecule has 0 saturated carbocycles. The summed E-state index contributed by atoms with van der Waals surface area (Å²) in [5.41, 5.74) is 4.59. The number of aryl methyl sites for hydroxylation is 1. The molecule has 0 saturated heterocycles. The monoisotopic (exact) mass is 431 g/mol. The summed E-state index contributed by atoms with van der Waals surface area (Å²) in [6, 6.07) is 19.1. The molecule has 3 aromatic carbocycles. The van der Waals surface area contributed by atoms with E-state index in [1.165, 1.54) is 12.1 Å². The number of fused-ring (bicyclic) bond motifs is 1. The molecule has 0 unspecified atom stereocenters. The highest BCUT2D eigenvalue weighted by atomic mass is 35.5. The van der Waals surface area contributed by atoms with Crippen LogP contribution in [-0.2, 0) is 0 Å². The van der Waals surface area contributed by atoms with Gasteiger partial charge in [-0.15, -0.1) is 0 Å². The molecule has 0 fully saturated rings. The summed E-state index contributed by atoms with van der Waals surface area (Å²) < 4.78 is 0. The quantitative estimate of drug-likeness (QED) is 0.302. The van der Waals surface area contributed by atoms with Gasteiger partial charge in [0.1, 0.15) is 0 Å². The van der Waals surface area contributed by atoms with E-state index in [4.69, 9.17) is 16.6 Å². The predicted octanol–water partition coefficient (Wildman–Crippen LogP) is 6.33. The van der Waals surface area contributed by atoms with E-state index in [0.29, 0.717) is 33.0 Å². The van der Waals surface area contributed by atoms with Crippen molar-refractivity contribution in [1.29, 1.82) is 0 Å². The number of nitro groups is 1. The third-order valence-electron chi connectivity index (χ3n) is 5.15. The zero-order chi connectivity index (χ0) is 22.1. The Balaban J connectivity index is 1.82. The van der Waals surface area contributed by atoms with Crippen molar-refractivity contribution in [3.8, 4) is 11.3 Å². The first-order valence-electron chi connectivity index (χ1n) is 9.57. The molecule has 0 aliphatic rings. The van der Waals surface area contributed by atoms with Crippen LogP contribution in [0.5, 0.6) is 0 Å². The van der Waals surface area contributed by atoms with E-state index in [2.05, 4.69) is 5.32 Å². The van der Waals surface area contributed by atoms with Crippen molar-refractivity contribution >= 4 is 39.8 Å². The Hall–Kier alpha value is -3.77. The lowest BCUT2D eigenvalue weighted by Crippen LogP contribution is -2.16. The van der Waals surface area contributed by atoms with Crippen LogP contribution in [0.1, 0.15) is 21.5 Å². The van der Waals surface area contributed by atoms with E-state index < -0.39 is 4.92 Å². The van der Waals surface area contributed by atoms with E-state index in [1.807, 2.05) is 43.3 Å². The lowest BCUT2D eigenvalue weighted by Gasteiger charge is -2.15. The number of halogens is 1. The Morgan fingerprint density at radius 3 is 2.42 bits per heavy atom. The largest absolute Gasteiger partial charge is 0.322 e. The first-order valence-corrected chi connectivity index (χ1v) is 9.94. The molecule has 6 nitrogen and oxygen atoms in total. The molecule has 1 heterocycles. The van der Waals surface area contributed by atoms with E-state index >= 15 is 0 Å². The fourth-order valence-corrected chi connectivity index (χ4v) is 3.70. The molecule has 1 amide bonds. The van der Waals surface area contributed by atoms with Gasteiger partial charge in [-0.25, -0.2) is 4.98 Å². The lowest BCUT2D eigenvalue weighted by atomic mass is 9.97. The van der Waals surface area contributed by atoms with Crippen molar-refractivity contribution in [1.82, 2.24) is 4.98 Å². The molecular weight excluding hydrogens is 414 g/mol. The molecule has 4 rings (SSSR count). The molecule has 0 spiro atoms. The van der Waals surface area contributed by atoms with Crippen molar-refractivity contribution in [3.63, 3.8) is 0 Å². The topological polar surface area (TPSA) is 85.1 Å². The number of pyridine rings is 1. The minimum Gasteiger partial charge on any atom is -0.322 e. The van der Waals surface area contributed by atoms with Gasteiger partial charge < -0.3 is 5.32 Å². The molecule has 1 N–H and O–H groups in total. The minimum atomic E-state index is -0.461. The van der Waals surface area contributed by atoms with Gasteiger partial charge in [0, 0.05) is 33.8 Å². The van der Waals surface area contributed by atoms with Gasteiger partial charge in [0.25, 0.3) is 11.6 Å². The molecule has 0 aliphatic heterocycles. The van der Waals surface area contributed by atoms with E-state index in [1.54, 1.807) is 25.1 Å². The summed E-state index contributed by atoms with van der Waals surface area (Å²) in [5.74, 6) is -0.303. The average Bonchev–Trinajstić information content (AvgIpc) is 2.75. The SMILES string of the molecule is Cc1cc([N+](=O)[O-])ccc1NC(=O)c1c(C)c(-c2ccc(Cl)cc2)nc2ccccc12. The Morgan fingerprint density at radius 1 is 1.03 bits per heavy atom.